The van der Waals surface area contributed by atoms with Crippen LogP contribution in [0.1, 0.15) is 17.3 Å². The van der Waals surface area contributed by atoms with Gasteiger partial charge in [-0.2, -0.15) is 0 Å². The van der Waals surface area contributed by atoms with E-state index in [9.17, 15) is 9.59 Å². The third-order valence-electron chi connectivity index (χ3n) is 4.09. The molecule has 2 heterocycles. The first-order chi connectivity index (χ1) is 14.0. The second-order valence-electron chi connectivity index (χ2n) is 6.07. The average molecular weight is 427 g/mol. The fourth-order valence-electron chi connectivity index (χ4n) is 2.87. The van der Waals surface area contributed by atoms with Gasteiger partial charge in [-0.1, -0.05) is 47.5 Å². The van der Waals surface area contributed by atoms with Crippen molar-refractivity contribution in [2.45, 2.75) is 6.92 Å². The molecule has 2 aromatic heterocycles. The van der Waals surface area contributed by atoms with Crippen LogP contribution in [0, 0.1) is 0 Å². The Labute approximate surface area is 175 Å². The van der Waals surface area contributed by atoms with Crippen LogP contribution in [-0.4, -0.2) is 21.9 Å². The monoisotopic (exact) mass is 426 g/mol. The Bertz CT molecular complexity index is 1280. The molecule has 144 valence electrons. The van der Waals surface area contributed by atoms with E-state index in [4.69, 9.17) is 32.7 Å². The standard InChI is InChI=1S/C21H12Cl2N2O4/c1-11(26)28-19-16(23)15-14(22)10-13-8-5-9-24-17(13)18(15)25-20(19)29-21(27)12-6-3-2-4-7-12/h2-10H,1H3. The lowest BCUT2D eigenvalue weighted by Crippen LogP contribution is -2.12. The largest absolute Gasteiger partial charge is 0.419 e. The van der Waals surface area contributed by atoms with E-state index in [2.05, 4.69) is 9.97 Å². The number of esters is 2. The molecule has 0 amide bonds. The van der Waals surface area contributed by atoms with Crippen LogP contribution in [0.5, 0.6) is 11.6 Å². The second-order valence-corrected chi connectivity index (χ2v) is 6.85. The second kappa shape index (κ2) is 7.66. The molecule has 0 bridgehead atoms. The molecule has 0 saturated heterocycles. The Morgan fingerprint density at radius 2 is 1.72 bits per heavy atom. The average Bonchev–Trinajstić information content (AvgIpc) is 2.71. The number of nitrogens with zero attached hydrogens (tertiary/aromatic N) is 2. The molecule has 8 heteroatoms. The highest BCUT2D eigenvalue weighted by molar-refractivity contribution is 6.44. The number of halogens is 2. The summed E-state index contributed by atoms with van der Waals surface area (Å²) in [5.41, 5.74) is 1.14. The molecule has 0 aliphatic carbocycles. The molecule has 0 unspecified atom stereocenters. The number of hydrogen-bond donors (Lipinski definition) is 0. The summed E-state index contributed by atoms with van der Waals surface area (Å²) < 4.78 is 10.6. The lowest BCUT2D eigenvalue weighted by molar-refractivity contribution is -0.132. The first-order valence-electron chi connectivity index (χ1n) is 8.48. The number of aromatic nitrogens is 2. The third kappa shape index (κ3) is 3.60. The summed E-state index contributed by atoms with van der Waals surface area (Å²) in [6.07, 6.45) is 1.60. The van der Waals surface area contributed by atoms with Gasteiger partial charge in [0.05, 0.1) is 16.1 Å². The highest BCUT2D eigenvalue weighted by Crippen LogP contribution is 2.44. The van der Waals surface area contributed by atoms with Gasteiger partial charge in [0, 0.05) is 23.9 Å². The van der Waals surface area contributed by atoms with Crippen LogP contribution in [0.25, 0.3) is 21.8 Å². The molecule has 0 aliphatic heterocycles. The smallest absolute Gasteiger partial charge is 0.344 e. The summed E-state index contributed by atoms with van der Waals surface area (Å²) in [5.74, 6) is -1.77. The molecule has 0 saturated carbocycles. The number of benzene rings is 2. The minimum atomic E-state index is -0.679. The summed E-state index contributed by atoms with van der Waals surface area (Å²) in [6, 6.07) is 13.6. The Hall–Kier alpha value is -3.22. The number of pyridine rings is 2. The van der Waals surface area contributed by atoms with Crippen molar-refractivity contribution >= 4 is 56.9 Å². The molecule has 0 aliphatic rings. The molecule has 4 rings (SSSR count). The van der Waals surface area contributed by atoms with Crippen molar-refractivity contribution < 1.29 is 19.1 Å². The SMILES string of the molecule is CC(=O)Oc1c(OC(=O)c2ccccc2)nc2c(c(Cl)cc3cccnc32)c1Cl. The van der Waals surface area contributed by atoms with Gasteiger partial charge >= 0.3 is 11.9 Å². The normalized spacial score (nSPS) is 10.9. The maximum absolute atomic E-state index is 12.5. The van der Waals surface area contributed by atoms with E-state index in [1.54, 1.807) is 48.7 Å². The molecule has 4 aromatic rings. The topological polar surface area (TPSA) is 78.4 Å². The Kier molecular flexibility index (Phi) is 5.05. The molecule has 0 atom stereocenters. The zero-order valence-electron chi connectivity index (χ0n) is 15.0. The molecule has 0 spiro atoms. The van der Waals surface area contributed by atoms with Crippen molar-refractivity contribution in [1.29, 1.82) is 0 Å². The third-order valence-corrected chi connectivity index (χ3v) is 4.75. The van der Waals surface area contributed by atoms with Gasteiger partial charge in [-0.15, -0.1) is 0 Å². The number of fused-ring (bicyclic) bond motifs is 3. The molecule has 0 N–H and O–H groups in total. The summed E-state index contributed by atoms with van der Waals surface area (Å²) >= 11 is 12.9. The molecule has 29 heavy (non-hydrogen) atoms. The highest BCUT2D eigenvalue weighted by atomic mass is 35.5. The zero-order chi connectivity index (χ0) is 20.5. The van der Waals surface area contributed by atoms with Gasteiger partial charge in [0.15, 0.2) is 0 Å². The minimum Gasteiger partial charge on any atom is -0.419 e. The van der Waals surface area contributed by atoms with Gasteiger partial charge in [-0.05, 0) is 24.3 Å². The molecule has 0 radical (unpaired) electrons. The molecular formula is C21H12Cl2N2O4. The Morgan fingerprint density at radius 1 is 0.966 bits per heavy atom. The van der Waals surface area contributed by atoms with Crippen LogP contribution in [0.4, 0.5) is 0 Å². The van der Waals surface area contributed by atoms with Crippen LogP contribution in [0.3, 0.4) is 0 Å². The minimum absolute atomic E-state index is 0.00128. The fraction of sp³-hybridized carbons (Fsp3) is 0.0476. The van der Waals surface area contributed by atoms with E-state index in [0.29, 0.717) is 27.0 Å². The van der Waals surface area contributed by atoms with Gasteiger partial charge < -0.3 is 9.47 Å². The molecular weight excluding hydrogens is 415 g/mol. The lowest BCUT2D eigenvalue weighted by atomic mass is 10.1. The van der Waals surface area contributed by atoms with Crippen LogP contribution in [-0.2, 0) is 4.79 Å². The summed E-state index contributed by atoms with van der Waals surface area (Å²) in [5, 5.41) is 1.37. The van der Waals surface area contributed by atoms with E-state index >= 15 is 0 Å². The maximum atomic E-state index is 12.5. The molecule has 6 nitrogen and oxygen atoms in total. The van der Waals surface area contributed by atoms with Crippen LogP contribution < -0.4 is 9.47 Å². The van der Waals surface area contributed by atoms with E-state index in [1.165, 1.54) is 6.92 Å². The van der Waals surface area contributed by atoms with Crippen molar-refractivity contribution in [1.82, 2.24) is 9.97 Å². The fourth-order valence-corrected chi connectivity index (χ4v) is 3.53. The summed E-state index contributed by atoms with van der Waals surface area (Å²) in [6.45, 7) is 1.20. The van der Waals surface area contributed by atoms with Crippen molar-refractivity contribution in [3.8, 4) is 11.6 Å². The zero-order valence-corrected chi connectivity index (χ0v) is 16.5. The van der Waals surface area contributed by atoms with E-state index in [1.807, 2.05) is 6.07 Å². The summed E-state index contributed by atoms with van der Waals surface area (Å²) in [4.78, 5) is 32.9. The quantitative estimate of drug-likeness (QED) is 0.329. The van der Waals surface area contributed by atoms with E-state index in [0.717, 1.165) is 5.39 Å². The molecule has 2 aromatic carbocycles. The van der Waals surface area contributed by atoms with Gasteiger partial charge in [0.25, 0.3) is 5.88 Å². The first kappa shape index (κ1) is 19.1. The molecule has 0 fully saturated rings. The van der Waals surface area contributed by atoms with Gasteiger partial charge in [0.1, 0.15) is 10.5 Å². The van der Waals surface area contributed by atoms with Crippen LogP contribution >= 0.6 is 23.2 Å². The van der Waals surface area contributed by atoms with Crippen LogP contribution in [0.15, 0.2) is 54.7 Å². The number of ether oxygens (including phenoxy) is 2. The number of hydrogen-bond acceptors (Lipinski definition) is 6. The van der Waals surface area contributed by atoms with Crippen molar-refractivity contribution in [2.75, 3.05) is 0 Å². The highest BCUT2D eigenvalue weighted by Gasteiger charge is 2.24. The Balaban J connectivity index is 1.97. The van der Waals surface area contributed by atoms with Gasteiger partial charge in [-0.25, -0.2) is 9.78 Å². The first-order valence-corrected chi connectivity index (χ1v) is 9.23. The van der Waals surface area contributed by atoms with E-state index in [-0.39, 0.29) is 16.7 Å². The van der Waals surface area contributed by atoms with Crippen LogP contribution in [0.2, 0.25) is 10.0 Å². The maximum Gasteiger partial charge on any atom is 0.344 e. The van der Waals surface area contributed by atoms with Crippen molar-refractivity contribution in [2.24, 2.45) is 0 Å². The van der Waals surface area contributed by atoms with Crippen molar-refractivity contribution in [3.05, 3.63) is 70.3 Å². The van der Waals surface area contributed by atoms with Crippen molar-refractivity contribution in [3.63, 3.8) is 0 Å². The van der Waals surface area contributed by atoms with Gasteiger partial charge in [-0.3, -0.25) is 9.78 Å². The number of carbonyl (C=O) groups excluding carboxylic acids is 2. The predicted molar refractivity (Wildman–Crippen MR) is 110 cm³/mol. The van der Waals surface area contributed by atoms with Gasteiger partial charge in [0.2, 0.25) is 5.75 Å². The Morgan fingerprint density at radius 3 is 2.45 bits per heavy atom. The number of carbonyl (C=O) groups is 2. The number of rotatable bonds is 3. The lowest BCUT2D eigenvalue weighted by Gasteiger charge is -2.14. The van der Waals surface area contributed by atoms with E-state index < -0.39 is 11.9 Å². The predicted octanol–water partition coefficient (Wildman–Crippen LogP) is 5.23. The summed E-state index contributed by atoms with van der Waals surface area (Å²) in [7, 11) is 0.